The van der Waals surface area contributed by atoms with Crippen molar-refractivity contribution in [1.29, 1.82) is 0 Å². The van der Waals surface area contributed by atoms with Gasteiger partial charge < -0.3 is 4.74 Å². The fourth-order valence-electron chi connectivity index (χ4n) is 3.30. The van der Waals surface area contributed by atoms with E-state index in [0.29, 0.717) is 23.0 Å². The third-order valence-electron chi connectivity index (χ3n) is 4.66. The van der Waals surface area contributed by atoms with Crippen molar-refractivity contribution in [2.75, 3.05) is 7.11 Å². The van der Waals surface area contributed by atoms with Crippen molar-refractivity contribution in [3.63, 3.8) is 0 Å². The molecule has 0 aliphatic rings. The summed E-state index contributed by atoms with van der Waals surface area (Å²) in [6.45, 7) is 19.1. The van der Waals surface area contributed by atoms with Crippen molar-refractivity contribution in [1.82, 2.24) is 0 Å². The zero-order chi connectivity index (χ0) is 21.5. The van der Waals surface area contributed by atoms with E-state index in [4.69, 9.17) is 4.74 Å². The summed E-state index contributed by atoms with van der Waals surface area (Å²) in [7, 11) is 1.68. The number of rotatable bonds is 8. The molecule has 0 radical (unpaired) electrons. The minimum Gasteiger partial charge on any atom is -0.497 e. The number of carbonyl (C=O) groups excluding carboxylic acids is 1. The van der Waals surface area contributed by atoms with E-state index >= 15 is 0 Å². The summed E-state index contributed by atoms with van der Waals surface area (Å²) < 4.78 is 5.01. The van der Waals surface area contributed by atoms with Gasteiger partial charge in [-0.15, -0.1) is 0 Å². The average molecular weight is 379 g/mol. The molecule has 0 N–H and O–H groups in total. The summed E-state index contributed by atoms with van der Waals surface area (Å²) in [4.78, 5) is 11.6. The molecule has 1 aromatic carbocycles. The number of aryl methyl sites for hydroxylation is 1. The van der Waals surface area contributed by atoms with Gasteiger partial charge in [0, 0.05) is 5.92 Å². The topological polar surface area (TPSA) is 26.3 Å². The van der Waals surface area contributed by atoms with Crippen LogP contribution < -0.4 is 4.74 Å². The number of hydrogen-bond acceptors (Lipinski definition) is 2. The van der Waals surface area contributed by atoms with E-state index in [0.717, 1.165) is 37.9 Å². The molecule has 0 fully saturated rings. The molecule has 0 heterocycles. The number of ketones is 1. The van der Waals surface area contributed by atoms with Crippen LogP contribution in [0.4, 0.5) is 0 Å². The molecule has 158 valence electrons. The van der Waals surface area contributed by atoms with Crippen molar-refractivity contribution in [2.24, 2.45) is 17.3 Å². The Morgan fingerprint density at radius 2 is 1.56 bits per heavy atom. The maximum absolute atomic E-state index is 11.6. The van der Waals surface area contributed by atoms with Gasteiger partial charge >= 0.3 is 0 Å². The van der Waals surface area contributed by atoms with Gasteiger partial charge in [-0.2, -0.15) is 0 Å². The van der Waals surface area contributed by atoms with E-state index in [-0.39, 0.29) is 0 Å². The highest BCUT2D eigenvalue weighted by atomic mass is 16.5. The first-order valence-corrected chi connectivity index (χ1v) is 10.8. The first-order valence-electron chi connectivity index (χ1n) is 10.8. The highest BCUT2D eigenvalue weighted by Crippen LogP contribution is 2.33. The second-order valence-corrected chi connectivity index (χ2v) is 8.14. The number of carbonyl (C=O) groups is 1. The van der Waals surface area contributed by atoms with Crippen LogP contribution in [0.3, 0.4) is 0 Å². The van der Waals surface area contributed by atoms with E-state index in [1.54, 1.807) is 14.0 Å². The van der Waals surface area contributed by atoms with Crippen LogP contribution in [0.2, 0.25) is 0 Å². The molecule has 2 heteroatoms. The van der Waals surface area contributed by atoms with Gasteiger partial charge in [0.05, 0.1) is 7.11 Å². The fourth-order valence-corrected chi connectivity index (χ4v) is 3.30. The smallest absolute Gasteiger partial charge is 0.133 e. The third-order valence-corrected chi connectivity index (χ3v) is 4.66. The van der Waals surface area contributed by atoms with E-state index < -0.39 is 0 Å². The zero-order valence-electron chi connectivity index (χ0n) is 19.8. The number of Topliss-reactive ketones (excluding diaryl/α,β-unsaturated/α-hetero) is 1. The van der Waals surface area contributed by atoms with Crippen molar-refractivity contribution in [3.8, 4) is 5.75 Å². The van der Waals surface area contributed by atoms with E-state index in [9.17, 15) is 4.79 Å². The zero-order valence-corrected chi connectivity index (χ0v) is 19.8. The van der Waals surface area contributed by atoms with Gasteiger partial charge in [-0.1, -0.05) is 80.4 Å². The first-order chi connectivity index (χ1) is 12.7. The Bertz CT molecular complexity index is 445. The lowest BCUT2D eigenvalue weighted by atomic mass is 9.74. The Balaban J connectivity index is 0. The van der Waals surface area contributed by atoms with Gasteiger partial charge in [0.25, 0.3) is 0 Å². The molecule has 0 bridgehead atoms. The largest absolute Gasteiger partial charge is 0.497 e. The third kappa shape index (κ3) is 13.5. The second-order valence-electron chi connectivity index (χ2n) is 8.14. The Morgan fingerprint density at radius 3 is 1.85 bits per heavy atom. The van der Waals surface area contributed by atoms with E-state index in [1.165, 1.54) is 5.56 Å². The lowest BCUT2D eigenvalue weighted by Crippen LogP contribution is -2.25. The molecule has 0 amide bonds. The minimum absolute atomic E-state index is 0.291. The average Bonchev–Trinajstić information content (AvgIpc) is 2.65. The summed E-state index contributed by atoms with van der Waals surface area (Å²) in [5, 5.41) is 0. The van der Waals surface area contributed by atoms with Gasteiger partial charge in [0.2, 0.25) is 0 Å². The van der Waals surface area contributed by atoms with Crippen LogP contribution in [-0.2, 0) is 11.2 Å². The van der Waals surface area contributed by atoms with Crippen molar-refractivity contribution >= 4 is 5.78 Å². The Hall–Kier alpha value is -1.31. The Morgan fingerprint density at radius 1 is 1.04 bits per heavy atom. The highest BCUT2D eigenvalue weighted by Gasteiger charge is 2.27. The predicted octanol–water partition coefficient (Wildman–Crippen LogP) is 7.74. The summed E-state index contributed by atoms with van der Waals surface area (Å²) in [5.74, 6) is 2.17. The van der Waals surface area contributed by atoms with Gasteiger partial charge in [-0.05, 0) is 55.2 Å². The molecular formula is C25H46O2. The maximum atomic E-state index is 11.6. The molecule has 1 rings (SSSR count). The van der Waals surface area contributed by atoms with Crippen molar-refractivity contribution < 1.29 is 9.53 Å². The molecule has 2 unspecified atom stereocenters. The van der Waals surface area contributed by atoms with Gasteiger partial charge in [-0.25, -0.2) is 0 Å². The number of methoxy groups -OCH3 is 1. The van der Waals surface area contributed by atoms with Crippen LogP contribution in [-0.4, -0.2) is 12.9 Å². The summed E-state index contributed by atoms with van der Waals surface area (Å²) >= 11 is 0. The maximum Gasteiger partial charge on any atom is 0.133 e. The Labute approximate surface area is 170 Å². The quantitative estimate of drug-likeness (QED) is 0.462. The summed E-state index contributed by atoms with van der Waals surface area (Å²) in [6, 6.07) is 8.13. The fraction of sp³-hybridized carbons (Fsp3) is 0.720. The van der Waals surface area contributed by atoms with Crippen LogP contribution in [0.5, 0.6) is 5.75 Å². The highest BCUT2D eigenvalue weighted by molar-refractivity contribution is 5.78. The van der Waals surface area contributed by atoms with Crippen LogP contribution >= 0.6 is 0 Å². The first kappa shape index (κ1) is 27.9. The molecule has 27 heavy (non-hydrogen) atoms. The molecule has 2 nitrogen and oxygen atoms in total. The molecule has 0 aliphatic carbocycles. The molecule has 0 aromatic heterocycles. The molecule has 0 aliphatic heterocycles. The number of hydrogen-bond donors (Lipinski definition) is 0. The van der Waals surface area contributed by atoms with Crippen LogP contribution in [0.25, 0.3) is 0 Å². The van der Waals surface area contributed by atoms with Crippen LogP contribution in [0, 0.1) is 17.3 Å². The predicted molar refractivity (Wildman–Crippen MR) is 121 cm³/mol. The van der Waals surface area contributed by atoms with Crippen LogP contribution in [0.15, 0.2) is 24.3 Å². The number of benzene rings is 1. The Kier molecular flexibility index (Phi) is 16.2. The molecule has 2 atom stereocenters. The molecule has 1 aromatic rings. The lowest BCUT2D eigenvalue weighted by Gasteiger charge is -2.30. The lowest BCUT2D eigenvalue weighted by molar-refractivity contribution is -0.123. The molecule has 0 saturated heterocycles. The minimum atomic E-state index is 0.291. The normalized spacial score (nSPS) is 12.7. The van der Waals surface area contributed by atoms with E-state index in [2.05, 4.69) is 53.7 Å². The summed E-state index contributed by atoms with van der Waals surface area (Å²) in [5.41, 5.74) is 1.68. The molecule has 0 spiro atoms. The van der Waals surface area contributed by atoms with E-state index in [1.807, 2.05) is 26.0 Å². The standard InChI is InChI=1S/C14H28O.C9H12O.C2H6/c1-7-9-13(11(3)15)12(8-2)10-14(4,5)6;1-3-8-4-6-9(10-2)7-5-8;1-2/h12-13H,7-10H2,1-6H3;4-7H,3H2,1-2H3;1-2H3. The number of ether oxygens (including phenoxy) is 1. The van der Waals surface area contributed by atoms with Gasteiger partial charge in [-0.3, -0.25) is 4.79 Å². The SMILES string of the molecule is CC.CCCC(C(C)=O)C(CC)CC(C)(C)C.CCc1ccc(OC)cc1. The van der Waals surface area contributed by atoms with Crippen LogP contribution in [0.1, 0.15) is 93.6 Å². The van der Waals surface area contributed by atoms with Gasteiger partial charge in [0.15, 0.2) is 0 Å². The monoisotopic (exact) mass is 378 g/mol. The molecular weight excluding hydrogens is 332 g/mol. The second kappa shape index (κ2) is 15.7. The van der Waals surface area contributed by atoms with Gasteiger partial charge in [0.1, 0.15) is 11.5 Å². The van der Waals surface area contributed by atoms with Crippen molar-refractivity contribution in [2.45, 2.75) is 94.4 Å². The van der Waals surface area contributed by atoms with Crippen molar-refractivity contribution in [3.05, 3.63) is 29.8 Å². The molecule has 0 saturated carbocycles. The summed E-state index contributed by atoms with van der Waals surface area (Å²) in [6.07, 6.45) is 5.55.